The largest absolute Gasteiger partial charge is 0.496 e. The predicted molar refractivity (Wildman–Crippen MR) is 109 cm³/mol. The molecule has 150 valence electrons. The molecule has 2 aromatic carbocycles. The first-order valence-electron chi connectivity index (χ1n) is 9.31. The third-order valence-corrected chi connectivity index (χ3v) is 4.53. The molecule has 0 radical (unpaired) electrons. The summed E-state index contributed by atoms with van der Waals surface area (Å²) in [4.78, 5) is 25.8. The zero-order valence-electron chi connectivity index (χ0n) is 16.7. The van der Waals surface area contributed by atoms with Crippen LogP contribution in [0.2, 0.25) is 0 Å². The smallest absolute Gasteiger partial charge is 0.239 e. The summed E-state index contributed by atoms with van der Waals surface area (Å²) < 4.78 is 10.7. The van der Waals surface area contributed by atoms with E-state index in [2.05, 4.69) is 5.32 Å². The SMILES string of the molecule is COc1ccccc1CCNC(=O)CN(CCc1ccccc1OC)C(C)=O. The van der Waals surface area contributed by atoms with Gasteiger partial charge in [0.05, 0.1) is 20.8 Å². The number of carbonyl (C=O) groups is 2. The average Bonchev–Trinajstić information content (AvgIpc) is 2.71. The molecule has 0 bridgehead atoms. The van der Waals surface area contributed by atoms with E-state index in [1.807, 2.05) is 48.5 Å². The van der Waals surface area contributed by atoms with Gasteiger partial charge in [0.2, 0.25) is 11.8 Å². The minimum absolute atomic E-state index is 0.0381. The second-order valence-corrected chi connectivity index (χ2v) is 6.41. The Hall–Kier alpha value is -3.02. The first kappa shape index (κ1) is 21.3. The van der Waals surface area contributed by atoms with Crippen molar-refractivity contribution >= 4 is 11.8 Å². The minimum atomic E-state index is -0.176. The van der Waals surface area contributed by atoms with Crippen molar-refractivity contribution < 1.29 is 19.1 Å². The van der Waals surface area contributed by atoms with E-state index in [1.165, 1.54) is 6.92 Å². The number of rotatable bonds is 10. The second-order valence-electron chi connectivity index (χ2n) is 6.41. The van der Waals surface area contributed by atoms with Crippen LogP contribution in [0.1, 0.15) is 18.1 Å². The number of amides is 2. The molecule has 6 heteroatoms. The monoisotopic (exact) mass is 384 g/mol. The maximum absolute atomic E-state index is 12.3. The lowest BCUT2D eigenvalue weighted by Gasteiger charge is -2.21. The Bertz CT molecular complexity index is 792. The third kappa shape index (κ3) is 6.30. The summed E-state index contributed by atoms with van der Waals surface area (Å²) in [6.45, 7) is 2.45. The molecule has 0 saturated heterocycles. The molecule has 2 amide bonds. The van der Waals surface area contributed by atoms with Gasteiger partial charge in [0.15, 0.2) is 0 Å². The second kappa shape index (κ2) is 11.0. The van der Waals surface area contributed by atoms with Gasteiger partial charge in [0.1, 0.15) is 11.5 Å². The van der Waals surface area contributed by atoms with Crippen LogP contribution in [-0.4, -0.2) is 50.6 Å². The first-order chi connectivity index (χ1) is 13.5. The predicted octanol–water partition coefficient (Wildman–Crippen LogP) is 2.45. The van der Waals surface area contributed by atoms with Gasteiger partial charge in [-0.2, -0.15) is 0 Å². The normalized spacial score (nSPS) is 10.2. The van der Waals surface area contributed by atoms with Crippen molar-refractivity contribution in [3.8, 4) is 11.5 Å². The van der Waals surface area contributed by atoms with E-state index in [0.29, 0.717) is 25.9 Å². The Morgan fingerprint density at radius 2 is 1.43 bits per heavy atom. The molecule has 0 aliphatic carbocycles. The Morgan fingerprint density at radius 3 is 1.96 bits per heavy atom. The number of carbonyl (C=O) groups excluding carboxylic acids is 2. The highest BCUT2D eigenvalue weighted by atomic mass is 16.5. The number of nitrogens with one attached hydrogen (secondary N) is 1. The molecule has 0 aliphatic rings. The summed E-state index contributed by atoms with van der Waals surface area (Å²) in [6.07, 6.45) is 1.29. The van der Waals surface area contributed by atoms with Gasteiger partial charge < -0.3 is 19.7 Å². The van der Waals surface area contributed by atoms with E-state index < -0.39 is 0 Å². The van der Waals surface area contributed by atoms with E-state index in [1.54, 1.807) is 19.1 Å². The number of nitrogens with zero attached hydrogens (tertiary/aromatic N) is 1. The lowest BCUT2D eigenvalue weighted by atomic mass is 10.1. The summed E-state index contributed by atoms with van der Waals surface area (Å²) in [7, 11) is 3.25. The molecule has 0 unspecified atom stereocenters. The molecule has 2 aromatic rings. The number of ether oxygens (including phenoxy) is 2. The lowest BCUT2D eigenvalue weighted by molar-refractivity contribution is -0.134. The van der Waals surface area contributed by atoms with Gasteiger partial charge >= 0.3 is 0 Å². The minimum Gasteiger partial charge on any atom is -0.496 e. The number of para-hydroxylation sites is 2. The van der Waals surface area contributed by atoms with Crippen LogP contribution in [0.15, 0.2) is 48.5 Å². The van der Waals surface area contributed by atoms with Crippen molar-refractivity contribution in [2.75, 3.05) is 33.9 Å². The summed E-state index contributed by atoms with van der Waals surface area (Å²) >= 11 is 0. The molecular weight excluding hydrogens is 356 g/mol. The Balaban J connectivity index is 1.84. The molecule has 0 atom stereocenters. The highest BCUT2D eigenvalue weighted by molar-refractivity contribution is 5.83. The molecule has 0 heterocycles. The van der Waals surface area contributed by atoms with Crippen LogP contribution in [0.5, 0.6) is 11.5 Å². The van der Waals surface area contributed by atoms with Crippen molar-refractivity contribution in [1.82, 2.24) is 10.2 Å². The molecule has 1 N–H and O–H groups in total. The molecule has 6 nitrogen and oxygen atoms in total. The van der Waals surface area contributed by atoms with Crippen LogP contribution >= 0.6 is 0 Å². The molecule has 0 saturated carbocycles. The quantitative estimate of drug-likeness (QED) is 0.683. The Kier molecular flexibility index (Phi) is 8.34. The third-order valence-electron chi connectivity index (χ3n) is 4.53. The highest BCUT2D eigenvalue weighted by Gasteiger charge is 2.14. The lowest BCUT2D eigenvalue weighted by Crippen LogP contribution is -2.41. The van der Waals surface area contributed by atoms with E-state index in [-0.39, 0.29) is 18.4 Å². The van der Waals surface area contributed by atoms with Gasteiger partial charge in [-0.3, -0.25) is 9.59 Å². The van der Waals surface area contributed by atoms with Crippen molar-refractivity contribution in [1.29, 1.82) is 0 Å². The fourth-order valence-corrected chi connectivity index (χ4v) is 2.99. The van der Waals surface area contributed by atoms with Gasteiger partial charge in [0, 0.05) is 20.0 Å². The maximum atomic E-state index is 12.3. The Morgan fingerprint density at radius 1 is 0.893 bits per heavy atom. The first-order valence-corrected chi connectivity index (χ1v) is 9.31. The molecule has 28 heavy (non-hydrogen) atoms. The summed E-state index contributed by atoms with van der Waals surface area (Å²) in [5.41, 5.74) is 2.04. The van der Waals surface area contributed by atoms with Gasteiger partial charge in [-0.1, -0.05) is 36.4 Å². The van der Waals surface area contributed by atoms with Gasteiger partial charge in [-0.05, 0) is 36.1 Å². The fraction of sp³-hybridized carbons (Fsp3) is 0.364. The summed E-state index contributed by atoms with van der Waals surface area (Å²) in [6, 6.07) is 15.4. The van der Waals surface area contributed by atoms with Crippen LogP contribution in [0.25, 0.3) is 0 Å². The highest BCUT2D eigenvalue weighted by Crippen LogP contribution is 2.18. The number of hydrogen-bond donors (Lipinski definition) is 1. The van der Waals surface area contributed by atoms with Crippen LogP contribution in [-0.2, 0) is 22.4 Å². The standard InChI is InChI=1S/C22H28N2O4/c1-17(25)24(15-13-19-9-5-7-11-21(19)28-3)16-22(26)23-14-12-18-8-4-6-10-20(18)27-2/h4-11H,12-16H2,1-3H3,(H,23,26). The summed E-state index contributed by atoms with van der Waals surface area (Å²) in [5, 5.41) is 2.88. The molecule has 2 rings (SSSR count). The average molecular weight is 384 g/mol. The van der Waals surface area contributed by atoms with Crippen LogP contribution in [0.4, 0.5) is 0 Å². The number of hydrogen-bond acceptors (Lipinski definition) is 4. The molecular formula is C22H28N2O4. The molecule has 0 aromatic heterocycles. The fourth-order valence-electron chi connectivity index (χ4n) is 2.99. The topological polar surface area (TPSA) is 67.9 Å². The maximum Gasteiger partial charge on any atom is 0.239 e. The van der Waals surface area contributed by atoms with Gasteiger partial charge in [-0.25, -0.2) is 0 Å². The van der Waals surface area contributed by atoms with E-state index in [4.69, 9.17) is 9.47 Å². The van der Waals surface area contributed by atoms with Gasteiger partial charge in [0.25, 0.3) is 0 Å². The molecule has 0 spiro atoms. The van der Waals surface area contributed by atoms with E-state index in [0.717, 1.165) is 22.6 Å². The van der Waals surface area contributed by atoms with Crippen molar-refractivity contribution in [3.05, 3.63) is 59.7 Å². The Labute approximate surface area is 166 Å². The van der Waals surface area contributed by atoms with Crippen LogP contribution < -0.4 is 14.8 Å². The van der Waals surface area contributed by atoms with Crippen LogP contribution in [0.3, 0.4) is 0 Å². The molecule has 0 aliphatic heterocycles. The van der Waals surface area contributed by atoms with Gasteiger partial charge in [-0.15, -0.1) is 0 Å². The van der Waals surface area contributed by atoms with Crippen molar-refractivity contribution in [3.63, 3.8) is 0 Å². The van der Waals surface area contributed by atoms with Crippen molar-refractivity contribution in [2.45, 2.75) is 19.8 Å². The molecule has 0 fully saturated rings. The summed E-state index contributed by atoms with van der Waals surface area (Å²) in [5.74, 6) is 1.28. The van der Waals surface area contributed by atoms with Crippen molar-refractivity contribution in [2.24, 2.45) is 0 Å². The van der Waals surface area contributed by atoms with E-state index >= 15 is 0 Å². The van der Waals surface area contributed by atoms with Crippen LogP contribution in [0, 0.1) is 0 Å². The van der Waals surface area contributed by atoms with E-state index in [9.17, 15) is 9.59 Å². The number of benzene rings is 2. The zero-order chi connectivity index (χ0) is 20.4. The zero-order valence-corrected chi connectivity index (χ0v) is 16.7. The number of methoxy groups -OCH3 is 2.